The van der Waals surface area contributed by atoms with Gasteiger partial charge in [0.25, 0.3) is 0 Å². The summed E-state index contributed by atoms with van der Waals surface area (Å²) in [6.45, 7) is 13.0. The number of nitrogens with zero attached hydrogens (tertiary/aromatic N) is 1. The number of carbonyl (C=O) groups excluding carboxylic acids is 3. The lowest BCUT2D eigenvalue weighted by atomic mass is 9.97. The molecule has 0 heterocycles. The Kier molecular flexibility index (Phi) is 10.9. The first-order chi connectivity index (χ1) is 19.9. The highest BCUT2D eigenvalue weighted by atomic mass is 16.6. The molecule has 0 aliphatic carbocycles. The number of phenols is 1. The summed E-state index contributed by atoms with van der Waals surface area (Å²) in [5.41, 5.74) is 2.27. The number of ether oxygens (including phenoxy) is 1. The third-order valence-corrected chi connectivity index (χ3v) is 6.47. The minimum absolute atomic E-state index is 0.0859. The molecule has 0 fully saturated rings. The molecule has 3 aromatic rings. The Balaban J connectivity index is 2.03. The van der Waals surface area contributed by atoms with E-state index in [1.54, 1.807) is 45.0 Å². The highest BCUT2D eigenvalue weighted by Crippen LogP contribution is 2.27. The van der Waals surface area contributed by atoms with Gasteiger partial charge in [-0.2, -0.15) is 0 Å². The minimum atomic E-state index is -1.06. The van der Waals surface area contributed by atoms with Gasteiger partial charge in [0.2, 0.25) is 11.8 Å². The summed E-state index contributed by atoms with van der Waals surface area (Å²) in [5.74, 6) is -0.724. The number of amides is 3. The molecule has 0 bridgehead atoms. The molecule has 0 saturated heterocycles. The van der Waals surface area contributed by atoms with Gasteiger partial charge in [-0.1, -0.05) is 73.3 Å². The second-order valence-electron chi connectivity index (χ2n) is 11.4. The number of hydrogen-bond acceptors (Lipinski definition) is 5. The van der Waals surface area contributed by atoms with Crippen molar-refractivity contribution in [2.75, 3.05) is 0 Å². The summed E-state index contributed by atoms with van der Waals surface area (Å²) in [4.78, 5) is 42.7. The molecule has 0 radical (unpaired) electrons. The SMILES string of the molecule is C=Cc1cccc(C(C(=O)NCc2ccccc2)N(C(=O)C(Cc2ccc(O)cc2)NC(=O)OC(C)(C)C)C(C)C)c1. The van der Waals surface area contributed by atoms with Gasteiger partial charge in [0, 0.05) is 19.0 Å². The first kappa shape index (κ1) is 31.9. The first-order valence-corrected chi connectivity index (χ1v) is 14.0. The van der Waals surface area contributed by atoms with Crippen molar-refractivity contribution in [2.45, 2.75) is 71.3 Å². The Morgan fingerprint density at radius 1 is 0.952 bits per heavy atom. The number of nitrogens with one attached hydrogen (secondary N) is 2. The number of aromatic hydroxyl groups is 1. The van der Waals surface area contributed by atoms with E-state index in [1.807, 2.05) is 62.4 Å². The lowest BCUT2D eigenvalue weighted by Gasteiger charge is -2.37. The quantitative estimate of drug-likeness (QED) is 0.271. The molecule has 8 heteroatoms. The van der Waals surface area contributed by atoms with E-state index in [-0.39, 0.29) is 24.6 Å². The van der Waals surface area contributed by atoms with Crippen molar-refractivity contribution in [1.29, 1.82) is 0 Å². The molecule has 0 saturated carbocycles. The standard InChI is InChI=1S/C34H41N3O5/c1-7-24-14-11-15-27(20-24)30(31(39)35-22-26-12-9-8-10-13-26)37(23(2)3)32(40)29(36-33(41)42-34(4,5)6)21-25-16-18-28(38)19-17-25/h7-20,23,29-30,38H,1,21-22H2,2-6H3,(H,35,39)(H,36,41). The van der Waals surface area contributed by atoms with Crippen LogP contribution in [-0.4, -0.2) is 45.6 Å². The molecule has 42 heavy (non-hydrogen) atoms. The summed E-state index contributed by atoms with van der Waals surface area (Å²) >= 11 is 0. The average molecular weight is 572 g/mol. The summed E-state index contributed by atoms with van der Waals surface area (Å²) in [5, 5.41) is 15.5. The maximum Gasteiger partial charge on any atom is 0.408 e. The third-order valence-electron chi connectivity index (χ3n) is 6.47. The van der Waals surface area contributed by atoms with Crippen LogP contribution in [0.4, 0.5) is 4.79 Å². The monoisotopic (exact) mass is 571 g/mol. The molecule has 3 rings (SSSR count). The smallest absolute Gasteiger partial charge is 0.408 e. The second kappa shape index (κ2) is 14.3. The zero-order valence-corrected chi connectivity index (χ0v) is 25.0. The lowest BCUT2D eigenvalue weighted by Crippen LogP contribution is -2.55. The van der Waals surface area contributed by atoms with Crippen LogP contribution in [0.1, 0.15) is 62.9 Å². The maximum absolute atomic E-state index is 14.4. The molecule has 0 aliphatic rings. The number of carbonyl (C=O) groups is 3. The lowest BCUT2D eigenvalue weighted by molar-refractivity contribution is -0.144. The Bertz CT molecular complexity index is 1360. The highest BCUT2D eigenvalue weighted by molar-refractivity contribution is 5.92. The molecule has 8 nitrogen and oxygen atoms in total. The number of rotatable bonds is 11. The molecule has 222 valence electrons. The Labute approximate surface area is 248 Å². The normalized spacial score (nSPS) is 12.6. The van der Waals surface area contributed by atoms with Crippen molar-refractivity contribution in [3.63, 3.8) is 0 Å². The van der Waals surface area contributed by atoms with E-state index < -0.39 is 35.7 Å². The van der Waals surface area contributed by atoms with Crippen LogP contribution in [0.15, 0.2) is 85.4 Å². The molecule has 0 aliphatic heterocycles. The predicted molar refractivity (Wildman–Crippen MR) is 165 cm³/mol. The van der Waals surface area contributed by atoms with Gasteiger partial charge in [0.05, 0.1) is 0 Å². The third kappa shape index (κ3) is 9.23. The Morgan fingerprint density at radius 2 is 1.62 bits per heavy atom. The van der Waals surface area contributed by atoms with Gasteiger partial charge in [-0.25, -0.2) is 4.79 Å². The van der Waals surface area contributed by atoms with Crippen molar-refractivity contribution in [3.8, 4) is 5.75 Å². The van der Waals surface area contributed by atoms with E-state index >= 15 is 0 Å². The van der Waals surface area contributed by atoms with Crippen LogP contribution in [0.25, 0.3) is 6.08 Å². The molecule has 2 unspecified atom stereocenters. The van der Waals surface area contributed by atoms with Crippen LogP contribution in [0.3, 0.4) is 0 Å². The fraction of sp³-hybridized carbons (Fsp3) is 0.324. The molecule has 2 atom stereocenters. The average Bonchev–Trinajstić information content (AvgIpc) is 2.94. The largest absolute Gasteiger partial charge is 0.508 e. The molecule has 3 aromatic carbocycles. The van der Waals surface area contributed by atoms with Gasteiger partial charge in [-0.15, -0.1) is 0 Å². The van der Waals surface area contributed by atoms with Gasteiger partial charge in [-0.05, 0) is 75.1 Å². The number of benzene rings is 3. The van der Waals surface area contributed by atoms with Crippen LogP contribution in [0.2, 0.25) is 0 Å². The molecular formula is C34H41N3O5. The number of phenolic OH excluding ortho intramolecular Hbond substituents is 1. The fourth-order valence-corrected chi connectivity index (χ4v) is 4.55. The fourth-order valence-electron chi connectivity index (χ4n) is 4.55. The summed E-state index contributed by atoms with van der Waals surface area (Å²) in [6.07, 6.45) is 1.05. The topological polar surface area (TPSA) is 108 Å². The van der Waals surface area contributed by atoms with Gasteiger partial charge in [0.15, 0.2) is 0 Å². The van der Waals surface area contributed by atoms with Crippen LogP contribution in [0.5, 0.6) is 5.75 Å². The van der Waals surface area contributed by atoms with Crippen molar-refractivity contribution < 1.29 is 24.2 Å². The summed E-state index contributed by atoms with van der Waals surface area (Å²) in [6, 6.07) is 20.8. The van der Waals surface area contributed by atoms with E-state index in [0.29, 0.717) is 11.1 Å². The number of hydrogen-bond donors (Lipinski definition) is 3. The zero-order chi connectivity index (χ0) is 30.9. The van der Waals surface area contributed by atoms with Crippen LogP contribution >= 0.6 is 0 Å². The molecule has 3 N–H and O–H groups in total. The van der Waals surface area contributed by atoms with Crippen molar-refractivity contribution in [1.82, 2.24) is 15.5 Å². The van der Waals surface area contributed by atoms with Gasteiger partial charge < -0.3 is 25.4 Å². The van der Waals surface area contributed by atoms with Crippen molar-refractivity contribution >= 4 is 24.0 Å². The minimum Gasteiger partial charge on any atom is -0.508 e. The molecule has 0 spiro atoms. The summed E-state index contributed by atoms with van der Waals surface area (Å²) < 4.78 is 5.47. The summed E-state index contributed by atoms with van der Waals surface area (Å²) in [7, 11) is 0. The van der Waals surface area contributed by atoms with Crippen LogP contribution in [0, 0.1) is 0 Å². The van der Waals surface area contributed by atoms with Crippen molar-refractivity contribution in [3.05, 3.63) is 108 Å². The van der Waals surface area contributed by atoms with Gasteiger partial charge in [-0.3, -0.25) is 9.59 Å². The van der Waals surface area contributed by atoms with Gasteiger partial charge >= 0.3 is 6.09 Å². The van der Waals surface area contributed by atoms with Crippen LogP contribution < -0.4 is 10.6 Å². The van der Waals surface area contributed by atoms with E-state index in [9.17, 15) is 19.5 Å². The molecule has 0 aromatic heterocycles. The van der Waals surface area contributed by atoms with E-state index in [0.717, 1.165) is 11.1 Å². The highest BCUT2D eigenvalue weighted by Gasteiger charge is 2.38. The van der Waals surface area contributed by atoms with E-state index in [1.165, 1.54) is 17.0 Å². The molecule has 3 amide bonds. The Hall–Kier alpha value is -4.59. The van der Waals surface area contributed by atoms with Crippen LogP contribution in [-0.2, 0) is 27.3 Å². The Morgan fingerprint density at radius 3 is 2.21 bits per heavy atom. The predicted octanol–water partition coefficient (Wildman–Crippen LogP) is 5.77. The van der Waals surface area contributed by atoms with E-state index in [2.05, 4.69) is 17.2 Å². The second-order valence-corrected chi connectivity index (χ2v) is 11.4. The van der Waals surface area contributed by atoms with Gasteiger partial charge in [0.1, 0.15) is 23.4 Å². The van der Waals surface area contributed by atoms with Crippen molar-refractivity contribution in [2.24, 2.45) is 0 Å². The first-order valence-electron chi connectivity index (χ1n) is 14.0. The maximum atomic E-state index is 14.4. The van der Waals surface area contributed by atoms with E-state index in [4.69, 9.17) is 4.74 Å². The molecular weight excluding hydrogens is 530 g/mol. The zero-order valence-electron chi connectivity index (χ0n) is 25.0. The number of alkyl carbamates (subject to hydrolysis) is 1.